The maximum absolute atomic E-state index is 13.4. The van der Waals surface area contributed by atoms with Crippen molar-refractivity contribution in [1.82, 2.24) is 4.90 Å². The summed E-state index contributed by atoms with van der Waals surface area (Å²) in [5.74, 6) is -1.98. The van der Waals surface area contributed by atoms with Gasteiger partial charge >= 0.3 is 6.36 Å². The number of hydrogen-bond acceptors (Lipinski definition) is 3. The number of nitrogens with zero attached hydrogens (tertiary/aromatic N) is 1. The second kappa shape index (κ2) is 8.00. The van der Waals surface area contributed by atoms with Gasteiger partial charge in [0, 0.05) is 30.1 Å². The third-order valence-corrected chi connectivity index (χ3v) is 4.52. The monoisotopic (exact) mass is 395 g/mol. The van der Waals surface area contributed by atoms with Gasteiger partial charge < -0.3 is 9.64 Å². The fourth-order valence-corrected chi connectivity index (χ4v) is 3.23. The lowest BCUT2D eigenvalue weighted by Crippen LogP contribution is -2.42. The van der Waals surface area contributed by atoms with Crippen LogP contribution in [0.1, 0.15) is 33.6 Å². The average Bonchev–Trinajstić information content (AvgIpc) is 2.66. The highest BCUT2D eigenvalue weighted by molar-refractivity contribution is 5.99. The van der Waals surface area contributed by atoms with Crippen molar-refractivity contribution >= 4 is 11.7 Å². The summed E-state index contributed by atoms with van der Waals surface area (Å²) >= 11 is 0. The molecule has 8 heteroatoms. The number of ketones is 1. The molecule has 1 heterocycles. The van der Waals surface area contributed by atoms with E-state index in [0.29, 0.717) is 19.4 Å². The van der Waals surface area contributed by atoms with E-state index in [0.717, 1.165) is 12.1 Å². The number of carbonyl (C=O) groups is 2. The first-order valence-electron chi connectivity index (χ1n) is 8.68. The molecule has 0 radical (unpaired) electrons. The Hall–Kier alpha value is -2.90. The summed E-state index contributed by atoms with van der Waals surface area (Å²) in [5, 5.41) is 0. The van der Waals surface area contributed by atoms with Gasteiger partial charge in [0.1, 0.15) is 11.6 Å². The molecule has 1 aliphatic heterocycles. The van der Waals surface area contributed by atoms with Crippen LogP contribution in [-0.4, -0.2) is 36.0 Å². The zero-order chi connectivity index (χ0) is 20.3. The van der Waals surface area contributed by atoms with E-state index >= 15 is 0 Å². The molecule has 2 aromatic rings. The number of Topliss-reactive ketones (excluding diaryl/α,β-unsaturated/α-hetero) is 1. The number of benzene rings is 2. The van der Waals surface area contributed by atoms with Crippen molar-refractivity contribution in [1.29, 1.82) is 0 Å². The van der Waals surface area contributed by atoms with Gasteiger partial charge in [0.05, 0.1) is 0 Å². The van der Waals surface area contributed by atoms with Crippen LogP contribution in [0.25, 0.3) is 0 Å². The Balaban J connectivity index is 1.68. The van der Waals surface area contributed by atoms with Gasteiger partial charge in [-0.05, 0) is 49.2 Å². The normalized spacial score (nSPS) is 17.3. The highest BCUT2D eigenvalue weighted by Crippen LogP contribution is 2.25. The Morgan fingerprint density at radius 2 is 1.75 bits per heavy atom. The molecule has 0 saturated carbocycles. The molecular formula is C20H17F4NO3. The van der Waals surface area contributed by atoms with Crippen LogP contribution in [0.3, 0.4) is 0 Å². The minimum atomic E-state index is -4.80. The minimum Gasteiger partial charge on any atom is -0.406 e. The first-order valence-corrected chi connectivity index (χ1v) is 8.68. The maximum atomic E-state index is 13.4. The van der Waals surface area contributed by atoms with E-state index in [4.69, 9.17) is 0 Å². The number of amides is 1. The molecule has 0 bridgehead atoms. The fraction of sp³-hybridized carbons (Fsp3) is 0.300. The standard InChI is InChI=1S/C20H17F4NO3/c21-16-5-1-3-14(11-16)18(26)15-4-2-10-25(12-15)19(27)13-6-8-17(9-7-13)28-20(22,23)24/h1,3,5-9,11,15H,2,4,10,12H2. The van der Waals surface area contributed by atoms with Crippen LogP contribution in [-0.2, 0) is 0 Å². The fourth-order valence-electron chi connectivity index (χ4n) is 3.23. The lowest BCUT2D eigenvalue weighted by atomic mass is 9.89. The summed E-state index contributed by atoms with van der Waals surface area (Å²) in [5.41, 5.74) is 0.460. The number of ether oxygens (including phenoxy) is 1. The highest BCUT2D eigenvalue weighted by atomic mass is 19.4. The molecule has 0 aromatic heterocycles. The van der Waals surface area contributed by atoms with E-state index in [2.05, 4.69) is 4.74 Å². The summed E-state index contributed by atoms with van der Waals surface area (Å²) in [4.78, 5) is 26.7. The zero-order valence-electron chi connectivity index (χ0n) is 14.7. The largest absolute Gasteiger partial charge is 0.573 e. The smallest absolute Gasteiger partial charge is 0.406 e. The molecule has 1 aliphatic rings. The van der Waals surface area contributed by atoms with E-state index in [1.807, 2.05) is 0 Å². The van der Waals surface area contributed by atoms with Gasteiger partial charge in [-0.1, -0.05) is 12.1 Å². The third-order valence-electron chi connectivity index (χ3n) is 4.52. The molecule has 4 nitrogen and oxygen atoms in total. The van der Waals surface area contributed by atoms with Gasteiger partial charge in [-0.25, -0.2) is 4.39 Å². The summed E-state index contributed by atoms with van der Waals surface area (Å²) in [6.07, 6.45) is -3.62. The Labute approximate surface area is 158 Å². The van der Waals surface area contributed by atoms with Gasteiger partial charge in [0.15, 0.2) is 5.78 Å². The summed E-state index contributed by atoms with van der Waals surface area (Å²) < 4.78 is 53.8. The SMILES string of the molecule is O=C(c1cccc(F)c1)C1CCCN(C(=O)c2ccc(OC(F)(F)F)cc2)C1. The Morgan fingerprint density at radius 1 is 1.04 bits per heavy atom. The van der Waals surface area contributed by atoms with Gasteiger partial charge in [-0.15, -0.1) is 13.2 Å². The molecule has 0 aliphatic carbocycles. The highest BCUT2D eigenvalue weighted by Gasteiger charge is 2.32. The predicted molar refractivity (Wildman–Crippen MR) is 92.5 cm³/mol. The van der Waals surface area contributed by atoms with Crippen LogP contribution in [0.5, 0.6) is 5.75 Å². The predicted octanol–water partition coefficient (Wildman–Crippen LogP) is 4.46. The van der Waals surface area contributed by atoms with Crippen LogP contribution in [0.15, 0.2) is 48.5 Å². The number of halogens is 4. The van der Waals surface area contributed by atoms with Crippen LogP contribution < -0.4 is 4.74 Å². The summed E-state index contributed by atoms with van der Waals surface area (Å²) in [7, 11) is 0. The van der Waals surface area contributed by atoms with Crippen LogP contribution in [0.4, 0.5) is 17.6 Å². The zero-order valence-corrected chi connectivity index (χ0v) is 14.7. The van der Waals surface area contributed by atoms with Gasteiger partial charge in [0.2, 0.25) is 0 Å². The molecular weight excluding hydrogens is 378 g/mol. The van der Waals surface area contributed by atoms with E-state index in [-0.39, 0.29) is 29.4 Å². The van der Waals surface area contributed by atoms with E-state index in [1.54, 1.807) is 0 Å². The van der Waals surface area contributed by atoms with Crippen molar-refractivity contribution in [2.24, 2.45) is 5.92 Å². The van der Waals surface area contributed by atoms with Crippen molar-refractivity contribution in [3.8, 4) is 5.75 Å². The molecule has 1 amide bonds. The Morgan fingerprint density at radius 3 is 2.39 bits per heavy atom. The van der Waals surface area contributed by atoms with Crippen molar-refractivity contribution in [3.63, 3.8) is 0 Å². The second-order valence-corrected chi connectivity index (χ2v) is 6.54. The number of hydrogen-bond donors (Lipinski definition) is 0. The van der Waals surface area contributed by atoms with Crippen LogP contribution in [0.2, 0.25) is 0 Å². The summed E-state index contributed by atoms with van der Waals surface area (Å²) in [6.45, 7) is 0.613. The van der Waals surface area contributed by atoms with E-state index < -0.39 is 23.8 Å². The lowest BCUT2D eigenvalue weighted by molar-refractivity contribution is -0.274. The third kappa shape index (κ3) is 4.88. The molecule has 28 heavy (non-hydrogen) atoms. The Kier molecular flexibility index (Phi) is 5.67. The molecule has 1 atom stereocenters. The van der Waals surface area contributed by atoms with Crippen LogP contribution in [0, 0.1) is 11.7 Å². The first-order chi connectivity index (χ1) is 13.2. The molecule has 3 rings (SSSR count). The van der Waals surface area contributed by atoms with Crippen molar-refractivity contribution < 1.29 is 31.9 Å². The van der Waals surface area contributed by atoms with Crippen LogP contribution >= 0.6 is 0 Å². The van der Waals surface area contributed by atoms with Crippen molar-refractivity contribution in [2.75, 3.05) is 13.1 Å². The topological polar surface area (TPSA) is 46.6 Å². The number of piperidine rings is 1. The van der Waals surface area contributed by atoms with E-state index in [1.165, 1.54) is 41.3 Å². The molecule has 1 saturated heterocycles. The Bertz CT molecular complexity index is 864. The van der Waals surface area contributed by atoms with Crippen molar-refractivity contribution in [2.45, 2.75) is 19.2 Å². The number of rotatable bonds is 4. The molecule has 148 valence electrons. The second-order valence-electron chi connectivity index (χ2n) is 6.54. The lowest BCUT2D eigenvalue weighted by Gasteiger charge is -2.32. The molecule has 0 spiro atoms. The number of likely N-dealkylation sites (tertiary alicyclic amines) is 1. The van der Waals surface area contributed by atoms with Gasteiger partial charge in [-0.3, -0.25) is 9.59 Å². The average molecular weight is 395 g/mol. The first kappa shape index (κ1) is 19.9. The number of carbonyl (C=O) groups excluding carboxylic acids is 2. The minimum absolute atomic E-state index is 0.176. The van der Waals surface area contributed by atoms with Gasteiger partial charge in [0.25, 0.3) is 5.91 Å². The van der Waals surface area contributed by atoms with E-state index in [9.17, 15) is 27.2 Å². The molecule has 0 N–H and O–H groups in total. The molecule has 2 aromatic carbocycles. The quantitative estimate of drug-likeness (QED) is 0.567. The summed E-state index contributed by atoms with van der Waals surface area (Å²) in [6, 6.07) is 10.1. The van der Waals surface area contributed by atoms with Gasteiger partial charge in [-0.2, -0.15) is 0 Å². The number of alkyl halides is 3. The molecule has 1 unspecified atom stereocenters. The maximum Gasteiger partial charge on any atom is 0.573 e. The van der Waals surface area contributed by atoms with Crippen molar-refractivity contribution in [3.05, 3.63) is 65.5 Å². The molecule has 1 fully saturated rings.